The Balaban J connectivity index is 2.67. The van der Waals surface area contributed by atoms with Crippen LogP contribution in [-0.2, 0) is 16.0 Å². The number of esters is 1. The van der Waals surface area contributed by atoms with Crippen molar-refractivity contribution in [1.29, 1.82) is 0 Å². The first-order valence-corrected chi connectivity index (χ1v) is 6.45. The van der Waals surface area contributed by atoms with Gasteiger partial charge < -0.3 is 9.64 Å². The molecule has 0 radical (unpaired) electrons. The highest BCUT2D eigenvalue weighted by Gasteiger charge is 2.18. The minimum absolute atomic E-state index is 0.00622. The number of nitrogens with zero attached hydrogens (tertiary/aromatic N) is 1. The lowest BCUT2D eigenvalue weighted by Gasteiger charge is -2.15. The maximum absolute atomic E-state index is 12.1. The number of carbonyl (C=O) groups is 2. The van der Waals surface area contributed by atoms with E-state index >= 15 is 0 Å². The summed E-state index contributed by atoms with van der Waals surface area (Å²) in [5, 5.41) is 1.89. The fraction of sp³-hybridized carbons (Fsp3) is 0.500. The molecule has 1 aromatic heterocycles. The van der Waals surface area contributed by atoms with Gasteiger partial charge in [0.25, 0.3) is 5.91 Å². The summed E-state index contributed by atoms with van der Waals surface area (Å²) in [4.78, 5) is 25.4. The lowest BCUT2D eigenvalue weighted by molar-refractivity contribution is -0.143. The number of rotatable bonds is 5. The molecule has 1 heterocycles. The van der Waals surface area contributed by atoms with Crippen molar-refractivity contribution in [3.8, 4) is 0 Å². The van der Waals surface area contributed by atoms with Crippen LogP contribution in [-0.4, -0.2) is 37.0 Å². The summed E-state index contributed by atoms with van der Waals surface area (Å²) in [6.45, 7) is 4.08. The van der Waals surface area contributed by atoms with E-state index < -0.39 is 0 Å². The monoisotopic (exact) mass is 255 g/mol. The zero-order valence-corrected chi connectivity index (χ0v) is 11.2. The van der Waals surface area contributed by atoms with E-state index in [4.69, 9.17) is 4.74 Å². The Kier molecular flexibility index (Phi) is 5.15. The largest absolute Gasteiger partial charge is 0.465 e. The number of thiophene rings is 1. The molecule has 0 aliphatic heterocycles. The van der Waals surface area contributed by atoms with Crippen LogP contribution in [0, 0.1) is 0 Å². The van der Waals surface area contributed by atoms with Crippen molar-refractivity contribution in [3.63, 3.8) is 0 Å². The highest BCUT2D eigenvalue weighted by Crippen LogP contribution is 2.18. The number of hydrogen-bond acceptors (Lipinski definition) is 4. The first-order chi connectivity index (χ1) is 8.10. The van der Waals surface area contributed by atoms with Crippen LogP contribution >= 0.6 is 11.3 Å². The maximum Gasteiger partial charge on any atom is 0.325 e. The van der Waals surface area contributed by atoms with Crippen LogP contribution in [0.2, 0.25) is 0 Å². The van der Waals surface area contributed by atoms with Gasteiger partial charge in [-0.3, -0.25) is 9.59 Å². The van der Waals surface area contributed by atoms with E-state index in [9.17, 15) is 9.59 Å². The molecule has 0 saturated carbocycles. The Morgan fingerprint density at radius 2 is 2.12 bits per heavy atom. The molecule has 1 rings (SSSR count). The predicted molar refractivity (Wildman–Crippen MR) is 67.3 cm³/mol. The molecule has 17 heavy (non-hydrogen) atoms. The molecule has 0 saturated heterocycles. The minimum atomic E-state index is -0.377. The molecule has 0 aliphatic rings. The first kappa shape index (κ1) is 13.7. The quantitative estimate of drug-likeness (QED) is 0.755. The van der Waals surface area contributed by atoms with Gasteiger partial charge in [0, 0.05) is 7.05 Å². The van der Waals surface area contributed by atoms with Crippen LogP contribution in [0.1, 0.15) is 29.1 Å². The van der Waals surface area contributed by atoms with Crippen molar-refractivity contribution in [2.45, 2.75) is 20.3 Å². The van der Waals surface area contributed by atoms with E-state index in [0.29, 0.717) is 11.5 Å². The molecule has 94 valence electrons. The summed E-state index contributed by atoms with van der Waals surface area (Å²) in [5.41, 5.74) is 1.02. The van der Waals surface area contributed by atoms with E-state index in [-0.39, 0.29) is 18.4 Å². The molecule has 0 spiro atoms. The van der Waals surface area contributed by atoms with Crippen molar-refractivity contribution >= 4 is 23.2 Å². The fourth-order valence-electron chi connectivity index (χ4n) is 1.45. The van der Waals surface area contributed by atoms with Crippen LogP contribution < -0.4 is 0 Å². The van der Waals surface area contributed by atoms with Crippen LogP contribution in [0.25, 0.3) is 0 Å². The van der Waals surface area contributed by atoms with Crippen molar-refractivity contribution in [3.05, 3.63) is 21.9 Å². The second-order valence-electron chi connectivity index (χ2n) is 3.59. The number of aryl methyl sites for hydroxylation is 1. The molecule has 1 aromatic rings. The number of ether oxygens (including phenoxy) is 1. The summed E-state index contributed by atoms with van der Waals surface area (Å²) in [6, 6.07) is 1.94. The minimum Gasteiger partial charge on any atom is -0.465 e. The molecule has 0 bridgehead atoms. The van der Waals surface area contributed by atoms with Gasteiger partial charge in [-0.25, -0.2) is 0 Å². The summed E-state index contributed by atoms with van der Waals surface area (Å²) in [6.07, 6.45) is 0.817. The average Bonchev–Trinajstić information content (AvgIpc) is 2.76. The van der Waals surface area contributed by atoms with Gasteiger partial charge in [-0.1, -0.05) is 6.92 Å². The summed E-state index contributed by atoms with van der Waals surface area (Å²) >= 11 is 1.41. The third-order valence-electron chi connectivity index (χ3n) is 2.34. The maximum atomic E-state index is 12.1. The first-order valence-electron chi connectivity index (χ1n) is 5.57. The van der Waals surface area contributed by atoms with Gasteiger partial charge in [0.2, 0.25) is 0 Å². The fourth-order valence-corrected chi connectivity index (χ4v) is 2.44. The molecule has 0 aliphatic carbocycles. The van der Waals surface area contributed by atoms with Crippen molar-refractivity contribution < 1.29 is 14.3 Å². The lowest BCUT2D eigenvalue weighted by atomic mass is 10.2. The second-order valence-corrected chi connectivity index (χ2v) is 4.51. The Hall–Kier alpha value is -1.36. The van der Waals surface area contributed by atoms with E-state index in [1.807, 2.05) is 18.4 Å². The van der Waals surface area contributed by atoms with Gasteiger partial charge in [-0.15, -0.1) is 11.3 Å². The molecule has 0 atom stereocenters. The molecule has 4 nitrogen and oxygen atoms in total. The van der Waals surface area contributed by atoms with Gasteiger partial charge in [0.1, 0.15) is 6.54 Å². The Morgan fingerprint density at radius 3 is 2.71 bits per heavy atom. The number of hydrogen-bond donors (Lipinski definition) is 0. The van der Waals surface area contributed by atoms with Gasteiger partial charge in [0.05, 0.1) is 11.5 Å². The van der Waals surface area contributed by atoms with Crippen LogP contribution in [0.3, 0.4) is 0 Å². The molecule has 0 aromatic carbocycles. The third kappa shape index (κ3) is 3.56. The summed E-state index contributed by atoms with van der Waals surface area (Å²) in [7, 11) is 1.61. The highest BCUT2D eigenvalue weighted by atomic mass is 32.1. The third-order valence-corrected chi connectivity index (χ3v) is 3.28. The van der Waals surface area contributed by atoms with E-state index in [0.717, 1.165) is 12.0 Å². The van der Waals surface area contributed by atoms with Gasteiger partial charge in [-0.05, 0) is 30.4 Å². The Bertz CT molecular complexity index is 400. The molecular formula is C12H17NO3S. The van der Waals surface area contributed by atoms with Gasteiger partial charge in [0.15, 0.2) is 0 Å². The molecule has 5 heteroatoms. The number of amides is 1. The molecule has 0 fully saturated rings. The molecule has 0 unspecified atom stereocenters. The van der Waals surface area contributed by atoms with Crippen molar-refractivity contribution in [2.24, 2.45) is 0 Å². The molecule has 0 N–H and O–H groups in total. The Labute approximate surface area is 105 Å². The normalized spacial score (nSPS) is 10.1. The van der Waals surface area contributed by atoms with Gasteiger partial charge >= 0.3 is 5.97 Å². The SMILES string of the molecule is CCOC(=O)CN(C)C(=O)c1sccc1CC. The number of likely N-dealkylation sites (N-methyl/N-ethyl adjacent to an activating group) is 1. The van der Waals surface area contributed by atoms with E-state index in [1.54, 1.807) is 14.0 Å². The number of carbonyl (C=O) groups excluding carboxylic acids is 2. The standard InChI is InChI=1S/C12H17NO3S/c1-4-9-6-7-17-11(9)12(15)13(3)8-10(14)16-5-2/h6-7H,4-5,8H2,1-3H3. The zero-order chi connectivity index (χ0) is 12.8. The smallest absolute Gasteiger partial charge is 0.325 e. The summed E-state index contributed by atoms with van der Waals surface area (Å²) < 4.78 is 4.81. The molecule has 1 amide bonds. The molecular weight excluding hydrogens is 238 g/mol. The van der Waals surface area contributed by atoms with Crippen molar-refractivity contribution in [2.75, 3.05) is 20.2 Å². The summed E-state index contributed by atoms with van der Waals surface area (Å²) in [5.74, 6) is -0.497. The van der Waals surface area contributed by atoms with Gasteiger partial charge in [-0.2, -0.15) is 0 Å². The van der Waals surface area contributed by atoms with Crippen LogP contribution in [0.4, 0.5) is 0 Å². The van der Waals surface area contributed by atoms with Crippen LogP contribution in [0.15, 0.2) is 11.4 Å². The zero-order valence-electron chi connectivity index (χ0n) is 10.4. The topological polar surface area (TPSA) is 46.6 Å². The van der Waals surface area contributed by atoms with E-state index in [1.165, 1.54) is 16.2 Å². The Morgan fingerprint density at radius 1 is 1.41 bits per heavy atom. The van der Waals surface area contributed by atoms with Crippen LogP contribution in [0.5, 0.6) is 0 Å². The van der Waals surface area contributed by atoms with E-state index in [2.05, 4.69) is 0 Å². The van der Waals surface area contributed by atoms with Crippen molar-refractivity contribution in [1.82, 2.24) is 4.90 Å². The highest BCUT2D eigenvalue weighted by molar-refractivity contribution is 7.12. The lowest BCUT2D eigenvalue weighted by Crippen LogP contribution is -2.33. The predicted octanol–water partition coefficient (Wildman–Crippen LogP) is 1.95. The average molecular weight is 255 g/mol. The second kappa shape index (κ2) is 6.39.